The Kier molecular flexibility index (Phi) is 1.78. The van der Waals surface area contributed by atoms with E-state index in [2.05, 4.69) is 0 Å². The van der Waals surface area contributed by atoms with Crippen molar-refractivity contribution in [3.63, 3.8) is 0 Å². The molecule has 0 N–H and O–H groups in total. The Morgan fingerprint density at radius 3 is 2.56 bits per heavy atom. The van der Waals surface area contributed by atoms with Gasteiger partial charge in [-0.25, -0.2) is 8.78 Å². The second-order valence-electron chi connectivity index (χ2n) is 1.76. The monoisotopic (exact) mass is 128 g/mol. The highest BCUT2D eigenvalue weighted by Crippen LogP contribution is 2.03. The van der Waals surface area contributed by atoms with E-state index >= 15 is 0 Å². The van der Waals surface area contributed by atoms with Crippen LogP contribution in [-0.4, -0.2) is 0 Å². The van der Waals surface area contributed by atoms with E-state index in [0.717, 1.165) is 0 Å². The molecule has 1 aromatic carbocycles. The van der Waals surface area contributed by atoms with Gasteiger partial charge in [-0.2, -0.15) is 0 Å². The summed E-state index contributed by atoms with van der Waals surface area (Å²) >= 11 is 0. The fourth-order valence-corrected chi connectivity index (χ4v) is 0.620. The highest BCUT2D eigenvalue weighted by molar-refractivity contribution is 5.14. The fourth-order valence-electron chi connectivity index (χ4n) is 0.620. The van der Waals surface area contributed by atoms with Crippen LogP contribution in [0.25, 0.3) is 0 Å². The third-order valence-corrected chi connectivity index (χ3v) is 1.04. The third kappa shape index (κ3) is 1.49. The fraction of sp³-hybridized carbons (Fsp3) is 0.143. The molecule has 0 atom stereocenters. The maximum atomic E-state index is 12.2. The zero-order chi connectivity index (χ0) is 6.69. The summed E-state index contributed by atoms with van der Waals surface area (Å²) in [6.07, 6.45) is 0. The molecule has 0 unspecified atom stereocenters. The van der Waals surface area contributed by atoms with Gasteiger partial charge in [-0.15, -0.1) is 0 Å². The number of hydrogen-bond acceptors (Lipinski definition) is 0. The van der Waals surface area contributed by atoms with E-state index in [1.807, 2.05) is 0 Å². The van der Waals surface area contributed by atoms with Crippen LogP contribution in [0.15, 0.2) is 24.3 Å². The first-order chi connectivity index (χ1) is 4.33. The minimum atomic E-state index is -0.599. The summed E-state index contributed by atoms with van der Waals surface area (Å²) in [5.41, 5.74) is 0.384. The molecule has 0 aliphatic heterocycles. The van der Waals surface area contributed by atoms with Crippen molar-refractivity contribution in [1.29, 1.82) is 0 Å². The van der Waals surface area contributed by atoms with Crippen molar-refractivity contribution in [2.75, 3.05) is 0 Å². The molecule has 0 saturated heterocycles. The third-order valence-electron chi connectivity index (χ3n) is 1.04. The Hall–Kier alpha value is -0.920. The van der Waals surface area contributed by atoms with E-state index in [9.17, 15) is 8.78 Å². The van der Waals surface area contributed by atoms with Gasteiger partial charge in [-0.3, -0.25) is 0 Å². The van der Waals surface area contributed by atoms with Gasteiger partial charge in [0.2, 0.25) is 0 Å². The van der Waals surface area contributed by atoms with E-state index in [0.29, 0.717) is 5.56 Å². The Bertz CT molecular complexity index is 196. The van der Waals surface area contributed by atoms with Crippen molar-refractivity contribution in [3.05, 3.63) is 35.6 Å². The topological polar surface area (TPSA) is 0 Å². The predicted molar refractivity (Wildman–Crippen MR) is 31.2 cm³/mol. The summed E-state index contributed by atoms with van der Waals surface area (Å²) in [6, 6.07) is 5.51. The van der Waals surface area contributed by atoms with E-state index < -0.39 is 6.67 Å². The first-order valence-electron chi connectivity index (χ1n) is 2.63. The molecule has 0 nitrogen and oxygen atoms in total. The van der Waals surface area contributed by atoms with Crippen molar-refractivity contribution in [1.82, 2.24) is 0 Å². The molecule has 2 heteroatoms. The van der Waals surface area contributed by atoms with E-state index in [1.165, 1.54) is 18.2 Å². The molecular weight excluding hydrogens is 122 g/mol. The minimum Gasteiger partial charge on any atom is -0.246 e. The van der Waals surface area contributed by atoms with Crippen LogP contribution >= 0.6 is 0 Å². The maximum Gasteiger partial charge on any atom is 0.123 e. The van der Waals surface area contributed by atoms with E-state index in [4.69, 9.17) is 0 Å². The molecule has 0 heterocycles. The van der Waals surface area contributed by atoms with Gasteiger partial charge in [-0.1, -0.05) is 12.1 Å². The highest BCUT2D eigenvalue weighted by atomic mass is 19.1. The lowest BCUT2D eigenvalue weighted by molar-refractivity contribution is 0.482. The van der Waals surface area contributed by atoms with Gasteiger partial charge in [0.1, 0.15) is 12.5 Å². The molecule has 9 heavy (non-hydrogen) atoms. The summed E-state index contributed by atoms with van der Waals surface area (Å²) < 4.78 is 23.9. The molecule has 0 amide bonds. The lowest BCUT2D eigenvalue weighted by Gasteiger charge is -1.90. The van der Waals surface area contributed by atoms with E-state index in [1.54, 1.807) is 6.07 Å². The van der Waals surface area contributed by atoms with Gasteiger partial charge >= 0.3 is 0 Å². The lowest BCUT2D eigenvalue weighted by atomic mass is 10.2. The van der Waals surface area contributed by atoms with Crippen LogP contribution < -0.4 is 0 Å². The molecule has 48 valence electrons. The Morgan fingerprint density at radius 1 is 1.33 bits per heavy atom. The Balaban J connectivity index is 2.94. The number of hydrogen-bond donors (Lipinski definition) is 0. The van der Waals surface area contributed by atoms with Crippen LogP contribution in [0.5, 0.6) is 0 Å². The lowest BCUT2D eigenvalue weighted by Crippen LogP contribution is -1.78. The molecule has 0 spiro atoms. The summed E-state index contributed by atoms with van der Waals surface area (Å²) in [5, 5.41) is 0. The van der Waals surface area contributed by atoms with Gasteiger partial charge in [-0.05, 0) is 17.7 Å². The zero-order valence-corrected chi connectivity index (χ0v) is 4.77. The quantitative estimate of drug-likeness (QED) is 0.544. The SMILES string of the molecule is FCc1cccc(F)c1. The van der Waals surface area contributed by atoms with Gasteiger partial charge < -0.3 is 0 Å². The van der Waals surface area contributed by atoms with Gasteiger partial charge in [0, 0.05) is 0 Å². The van der Waals surface area contributed by atoms with Crippen molar-refractivity contribution in [3.8, 4) is 0 Å². The normalized spacial score (nSPS) is 9.56. The van der Waals surface area contributed by atoms with Crippen molar-refractivity contribution < 1.29 is 8.78 Å². The van der Waals surface area contributed by atoms with Crippen LogP contribution in [-0.2, 0) is 6.67 Å². The molecular formula is C7H6F2. The van der Waals surface area contributed by atoms with Crippen LogP contribution in [0, 0.1) is 5.82 Å². The van der Waals surface area contributed by atoms with Crippen LogP contribution in [0.1, 0.15) is 5.56 Å². The second-order valence-corrected chi connectivity index (χ2v) is 1.76. The Labute approximate surface area is 52.1 Å². The van der Waals surface area contributed by atoms with Crippen molar-refractivity contribution >= 4 is 0 Å². The number of rotatable bonds is 1. The highest BCUT2D eigenvalue weighted by Gasteiger charge is 1.90. The second kappa shape index (κ2) is 2.58. The molecule has 0 aliphatic carbocycles. The van der Waals surface area contributed by atoms with Gasteiger partial charge in [0.25, 0.3) is 0 Å². The van der Waals surface area contributed by atoms with Crippen molar-refractivity contribution in [2.24, 2.45) is 0 Å². The average Bonchev–Trinajstić information content (AvgIpc) is 1.88. The average molecular weight is 128 g/mol. The first kappa shape index (κ1) is 6.20. The van der Waals surface area contributed by atoms with Crippen molar-refractivity contribution in [2.45, 2.75) is 6.67 Å². The van der Waals surface area contributed by atoms with E-state index in [-0.39, 0.29) is 5.82 Å². The first-order valence-corrected chi connectivity index (χ1v) is 2.63. The summed E-state index contributed by atoms with van der Waals surface area (Å²) in [4.78, 5) is 0. The molecule has 0 aromatic heterocycles. The van der Waals surface area contributed by atoms with Crippen LogP contribution in [0.3, 0.4) is 0 Å². The van der Waals surface area contributed by atoms with Crippen LogP contribution in [0.2, 0.25) is 0 Å². The smallest absolute Gasteiger partial charge is 0.123 e. The summed E-state index contributed by atoms with van der Waals surface area (Å²) in [7, 11) is 0. The molecule has 0 saturated carbocycles. The molecule has 0 radical (unpaired) electrons. The summed E-state index contributed by atoms with van der Waals surface area (Å²) in [5.74, 6) is -0.384. The van der Waals surface area contributed by atoms with Gasteiger partial charge in [0.05, 0.1) is 0 Å². The zero-order valence-electron chi connectivity index (χ0n) is 4.77. The van der Waals surface area contributed by atoms with Gasteiger partial charge in [0.15, 0.2) is 0 Å². The minimum absolute atomic E-state index is 0.384. The van der Waals surface area contributed by atoms with Crippen LogP contribution in [0.4, 0.5) is 8.78 Å². The number of benzene rings is 1. The molecule has 0 aliphatic rings. The molecule has 0 fully saturated rings. The number of alkyl halides is 1. The summed E-state index contributed by atoms with van der Waals surface area (Å²) in [6.45, 7) is -0.599. The maximum absolute atomic E-state index is 12.2. The largest absolute Gasteiger partial charge is 0.246 e. The Morgan fingerprint density at radius 2 is 2.11 bits per heavy atom. The molecule has 1 aromatic rings. The standard InChI is InChI=1S/C7H6F2/c8-5-6-2-1-3-7(9)4-6/h1-4H,5H2. The molecule has 1 rings (SSSR count). The molecule has 0 bridgehead atoms. The number of halogens is 2. The predicted octanol–water partition coefficient (Wildman–Crippen LogP) is 2.30.